The molecule has 5 heteroatoms. The van der Waals surface area contributed by atoms with Crippen molar-refractivity contribution in [3.8, 4) is 0 Å². The summed E-state index contributed by atoms with van der Waals surface area (Å²) >= 11 is 0. The molecular formula is C24H32O3SSi. The number of rotatable bonds is 7. The molecule has 2 aromatic rings. The van der Waals surface area contributed by atoms with Crippen molar-refractivity contribution in [3.63, 3.8) is 0 Å². The van der Waals surface area contributed by atoms with Crippen molar-refractivity contribution >= 4 is 18.9 Å². The summed E-state index contributed by atoms with van der Waals surface area (Å²) in [6.07, 6.45) is 2.41. The maximum absolute atomic E-state index is 13.7. The highest BCUT2D eigenvalue weighted by molar-refractivity contribution is 7.89. The van der Waals surface area contributed by atoms with Crippen molar-refractivity contribution in [2.75, 3.05) is 6.61 Å². The minimum absolute atomic E-state index is 0.256. The van der Waals surface area contributed by atoms with Crippen LogP contribution < -0.4 is 0 Å². The fraction of sp³-hybridized carbons (Fsp3) is 0.417. The zero-order chi connectivity index (χ0) is 20.9. The topological polar surface area (TPSA) is 35.5 Å². The second kappa shape index (κ2) is 9.98. The summed E-state index contributed by atoms with van der Waals surface area (Å²) in [5.41, 5.74) is 4.42. The molecule has 1 fully saturated rings. The number of benzene rings is 2. The number of hydrogen-bond donors (Lipinski definition) is 0. The fourth-order valence-corrected chi connectivity index (χ4v) is 6.89. The van der Waals surface area contributed by atoms with Gasteiger partial charge in [0, 0.05) is 16.4 Å². The predicted octanol–water partition coefficient (Wildman–Crippen LogP) is 6.15. The van der Waals surface area contributed by atoms with Gasteiger partial charge in [-0.25, -0.2) is 4.21 Å². The molecule has 1 unspecified atom stereocenters. The molecule has 29 heavy (non-hydrogen) atoms. The minimum Gasteiger partial charge on any atom is -0.353 e. The lowest BCUT2D eigenvalue weighted by Gasteiger charge is -2.30. The molecule has 0 aliphatic carbocycles. The maximum Gasteiger partial charge on any atom is 0.158 e. The fourth-order valence-electron chi connectivity index (χ4n) is 3.36. The van der Waals surface area contributed by atoms with Gasteiger partial charge in [-0.2, -0.15) is 0 Å². The molecule has 1 aliphatic rings. The molecule has 0 N–H and O–H groups in total. The van der Waals surface area contributed by atoms with E-state index in [-0.39, 0.29) is 12.4 Å². The van der Waals surface area contributed by atoms with Crippen LogP contribution in [0.3, 0.4) is 0 Å². The van der Waals surface area contributed by atoms with Gasteiger partial charge in [0.05, 0.1) is 18.9 Å². The van der Waals surface area contributed by atoms with Gasteiger partial charge >= 0.3 is 0 Å². The molecular weight excluding hydrogens is 396 g/mol. The first kappa shape index (κ1) is 22.2. The smallest absolute Gasteiger partial charge is 0.158 e. The highest BCUT2D eigenvalue weighted by Gasteiger charge is 2.29. The van der Waals surface area contributed by atoms with E-state index in [0.717, 1.165) is 46.8 Å². The van der Waals surface area contributed by atoms with E-state index in [4.69, 9.17) is 9.47 Å². The standard InChI is InChI=1S/C24H32O3SSi/c1-19-13-15-21(16-14-19)28(25)22(18-29(2,3)4)24(20-10-6-5-7-11-20)27-23-12-8-9-17-26-23/h5-7,10-11,13-16,18,23-24H,8-9,12,17H2,1-4H3/b22-18+/t23?,24-,28-/m0/s1. The number of hydrogen-bond acceptors (Lipinski definition) is 3. The van der Waals surface area contributed by atoms with Crippen molar-refractivity contribution in [3.05, 3.63) is 76.3 Å². The minimum atomic E-state index is -1.66. The Hall–Kier alpha value is -1.53. The molecule has 2 aromatic carbocycles. The molecule has 156 valence electrons. The highest BCUT2D eigenvalue weighted by atomic mass is 32.2. The quantitative estimate of drug-likeness (QED) is 0.496. The van der Waals surface area contributed by atoms with E-state index in [1.807, 2.05) is 49.4 Å². The molecule has 3 rings (SSSR count). The molecule has 3 nitrogen and oxygen atoms in total. The van der Waals surface area contributed by atoms with Crippen molar-refractivity contribution in [1.29, 1.82) is 0 Å². The van der Waals surface area contributed by atoms with E-state index in [9.17, 15) is 4.21 Å². The summed E-state index contributed by atoms with van der Waals surface area (Å²) in [7, 11) is -2.96. The summed E-state index contributed by atoms with van der Waals surface area (Å²) in [5, 5.41) is 0. The highest BCUT2D eigenvalue weighted by Crippen LogP contribution is 2.35. The number of ether oxygens (including phenoxy) is 2. The monoisotopic (exact) mass is 428 g/mol. The van der Waals surface area contributed by atoms with Crippen LogP contribution in [-0.2, 0) is 20.3 Å². The zero-order valence-electron chi connectivity index (χ0n) is 17.9. The first-order valence-corrected chi connectivity index (χ1v) is 15.1. The molecule has 1 aliphatic heterocycles. The van der Waals surface area contributed by atoms with Crippen LogP contribution in [0.25, 0.3) is 0 Å². The van der Waals surface area contributed by atoms with Crippen LogP contribution in [0, 0.1) is 6.92 Å². The van der Waals surface area contributed by atoms with Crippen LogP contribution in [0.4, 0.5) is 0 Å². The van der Waals surface area contributed by atoms with Crippen molar-refractivity contribution in [1.82, 2.24) is 0 Å². The van der Waals surface area contributed by atoms with Gasteiger partial charge in [-0.05, 0) is 43.9 Å². The Kier molecular flexibility index (Phi) is 7.63. The maximum atomic E-state index is 13.7. The third-order valence-corrected chi connectivity index (χ3v) is 7.66. The van der Waals surface area contributed by atoms with E-state index in [2.05, 4.69) is 37.5 Å². The Labute approximate surface area is 178 Å². The van der Waals surface area contributed by atoms with E-state index in [1.54, 1.807) is 0 Å². The summed E-state index contributed by atoms with van der Waals surface area (Å²) in [5.74, 6) is 0. The van der Waals surface area contributed by atoms with Crippen molar-refractivity contribution in [2.45, 2.75) is 63.1 Å². The van der Waals surface area contributed by atoms with Crippen LogP contribution in [0.5, 0.6) is 0 Å². The molecule has 1 heterocycles. The summed E-state index contributed by atoms with van der Waals surface area (Å²) in [6, 6.07) is 18.1. The second-order valence-corrected chi connectivity index (χ2v) is 15.2. The van der Waals surface area contributed by atoms with Gasteiger partial charge in [-0.15, -0.1) is 0 Å². The average Bonchev–Trinajstić information content (AvgIpc) is 2.71. The Morgan fingerprint density at radius 2 is 1.79 bits per heavy atom. The largest absolute Gasteiger partial charge is 0.353 e. The lowest BCUT2D eigenvalue weighted by atomic mass is 10.1. The first-order valence-electron chi connectivity index (χ1n) is 10.4. The lowest BCUT2D eigenvalue weighted by Crippen LogP contribution is -2.27. The summed E-state index contributed by atoms with van der Waals surface area (Å²) in [4.78, 5) is 1.66. The van der Waals surface area contributed by atoms with Gasteiger partial charge in [0.1, 0.15) is 6.10 Å². The van der Waals surface area contributed by atoms with Crippen molar-refractivity contribution < 1.29 is 13.7 Å². The SMILES string of the molecule is Cc1ccc([S@](=O)/C(=C/[Si](C)(C)C)[C@@H](OC2CCCCO2)c2ccccc2)cc1. The van der Waals surface area contributed by atoms with Gasteiger partial charge in [0.15, 0.2) is 6.29 Å². The Bertz CT molecular complexity index is 835. The zero-order valence-corrected chi connectivity index (χ0v) is 19.7. The third kappa shape index (κ3) is 6.47. The molecule has 3 atom stereocenters. The average molecular weight is 429 g/mol. The van der Waals surface area contributed by atoms with E-state index >= 15 is 0 Å². The van der Waals surface area contributed by atoms with Crippen LogP contribution >= 0.6 is 0 Å². The van der Waals surface area contributed by atoms with Crippen LogP contribution in [0.15, 0.2) is 70.1 Å². The van der Waals surface area contributed by atoms with Crippen LogP contribution in [-0.4, -0.2) is 25.2 Å². The lowest BCUT2D eigenvalue weighted by molar-refractivity contribution is -0.180. The van der Waals surface area contributed by atoms with E-state index in [0.29, 0.717) is 0 Å². The van der Waals surface area contributed by atoms with Crippen molar-refractivity contribution in [2.24, 2.45) is 0 Å². The Morgan fingerprint density at radius 1 is 1.10 bits per heavy atom. The molecule has 1 saturated heterocycles. The van der Waals surface area contributed by atoms with Gasteiger partial charge in [-0.3, -0.25) is 0 Å². The third-order valence-electron chi connectivity index (χ3n) is 4.81. The van der Waals surface area contributed by atoms with Gasteiger partial charge < -0.3 is 9.47 Å². The van der Waals surface area contributed by atoms with E-state index < -0.39 is 18.9 Å². The Morgan fingerprint density at radius 3 is 2.38 bits per heavy atom. The van der Waals surface area contributed by atoms with Crippen LogP contribution in [0.2, 0.25) is 19.6 Å². The first-order chi connectivity index (χ1) is 13.8. The summed E-state index contributed by atoms with van der Waals surface area (Å²) in [6.45, 7) is 9.55. The Balaban J connectivity index is 2.03. The molecule has 0 saturated carbocycles. The van der Waals surface area contributed by atoms with E-state index in [1.165, 1.54) is 0 Å². The normalized spacial score (nSPS) is 20.3. The predicted molar refractivity (Wildman–Crippen MR) is 123 cm³/mol. The molecule has 0 radical (unpaired) electrons. The molecule has 0 bridgehead atoms. The van der Waals surface area contributed by atoms with Gasteiger partial charge in [0.2, 0.25) is 0 Å². The molecule has 0 amide bonds. The van der Waals surface area contributed by atoms with Gasteiger partial charge in [0.25, 0.3) is 0 Å². The molecule has 0 spiro atoms. The number of aryl methyl sites for hydroxylation is 1. The molecule has 0 aromatic heterocycles. The summed E-state index contributed by atoms with van der Waals surface area (Å²) < 4.78 is 26.1. The van der Waals surface area contributed by atoms with Crippen LogP contribution in [0.1, 0.15) is 36.5 Å². The second-order valence-electron chi connectivity index (χ2n) is 8.72. The van der Waals surface area contributed by atoms with Gasteiger partial charge in [-0.1, -0.05) is 73.4 Å².